The Kier molecular flexibility index (Phi) is 5.91. The second-order valence-corrected chi connectivity index (χ2v) is 6.66. The van der Waals surface area contributed by atoms with Gasteiger partial charge in [0.1, 0.15) is 0 Å². The molecule has 2 heterocycles. The number of carbonyl (C=O) groups is 2. The largest absolute Gasteiger partial charge is 0.450 e. The van der Waals surface area contributed by atoms with E-state index >= 15 is 0 Å². The Morgan fingerprint density at radius 2 is 1.52 bits per heavy atom. The van der Waals surface area contributed by atoms with E-state index in [4.69, 9.17) is 4.74 Å². The Morgan fingerprint density at radius 3 is 2.12 bits per heavy atom. The molecule has 2 saturated heterocycles. The second-order valence-electron chi connectivity index (χ2n) is 6.66. The van der Waals surface area contributed by atoms with Crippen molar-refractivity contribution in [3.63, 3.8) is 0 Å². The third-order valence-electron chi connectivity index (χ3n) is 4.90. The molecule has 0 spiro atoms. The first-order chi connectivity index (χ1) is 12.2. The molecule has 0 aromatic heterocycles. The SMILES string of the molecule is CCOC(=O)N1CCN(C(=O)c2ccc(CN3CCCC3)cc2)CC1. The summed E-state index contributed by atoms with van der Waals surface area (Å²) in [4.78, 5) is 30.3. The molecule has 2 aliphatic rings. The van der Waals surface area contributed by atoms with Crippen molar-refractivity contribution in [2.45, 2.75) is 26.3 Å². The molecule has 0 radical (unpaired) electrons. The minimum Gasteiger partial charge on any atom is -0.450 e. The summed E-state index contributed by atoms with van der Waals surface area (Å²) in [7, 11) is 0. The van der Waals surface area contributed by atoms with E-state index in [0.29, 0.717) is 32.8 Å². The maximum absolute atomic E-state index is 12.6. The lowest BCUT2D eigenvalue weighted by Gasteiger charge is -2.34. The molecular weight excluding hydrogens is 318 g/mol. The average Bonchev–Trinajstić information content (AvgIpc) is 3.15. The second kappa shape index (κ2) is 8.34. The maximum Gasteiger partial charge on any atom is 0.409 e. The molecule has 25 heavy (non-hydrogen) atoms. The predicted octanol–water partition coefficient (Wildman–Crippen LogP) is 2.20. The Bertz CT molecular complexity index is 588. The van der Waals surface area contributed by atoms with Gasteiger partial charge < -0.3 is 14.5 Å². The van der Waals surface area contributed by atoms with Gasteiger partial charge >= 0.3 is 6.09 Å². The number of hydrogen-bond acceptors (Lipinski definition) is 4. The van der Waals surface area contributed by atoms with Crippen LogP contribution in [-0.2, 0) is 11.3 Å². The van der Waals surface area contributed by atoms with Crippen LogP contribution < -0.4 is 0 Å². The number of piperazine rings is 1. The molecular formula is C19H27N3O3. The van der Waals surface area contributed by atoms with Gasteiger partial charge in [0.25, 0.3) is 5.91 Å². The van der Waals surface area contributed by atoms with Gasteiger partial charge in [0.2, 0.25) is 0 Å². The number of rotatable bonds is 4. The molecule has 6 heteroatoms. The van der Waals surface area contributed by atoms with Gasteiger partial charge in [-0.3, -0.25) is 9.69 Å². The predicted molar refractivity (Wildman–Crippen MR) is 95.5 cm³/mol. The summed E-state index contributed by atoms with van der Waals surface area (Å²) in [6, 6.07) is 7.96. The highest BCUT2D eigenvalue weighted by Crippen LogP contribution is 2.15. The number of benzene rings is 1. The number of carbonyl (C=O) groups excluding carboxylic acids is 2. The smallest absolute Gasteiger partial charge is 0.409 e. The molecule has 2 aliphatic heterocycles. The summed E-state index contributed by atoms with van der Waals surface area (Å²) in [6.07, 6.45) is 2.28. The van der Waals surface area contributed by atoms with Gasteiger partial charge in [0, 0.05) is 38.3 Å². The van der Waals surface area contributed by atoms with Gasteiger partial charge in [-0.25, -0.2) is 4.79 Å². The highest BCUT2D eigenvalue weighted by atomic mass is 16.6. The third kappa shape index (κ3) is 4.51. The van der Waals surface area contributed by atoms with Crippen LogP contribution in [0.15, 0.2) is 24.3 Å². The van der Waals surface area contributed by atoms with E-state index in [0.717, 1.165) is 12.1 Å². The average molecular weight is 345 g/mol. The Hall–Kier alpha value is -2.08. The van der Waals surface area contributed by atoms with Gasteiger partial charge in [-0.2, -0.15) is 0 Å². The van der Waals surface area contributed by atoms with Crippen molar-refractivity contribution in [1.29, 1.82) is 0 Å². The topological polar surface area (TPSA) is 53.1 Å². The van der Waals surface area contributed by atoms with Crippen molar-refractivity contribution in [1.82, 2.24) is 14.7 Å². The molecule has 2 amide bonds. The van der Waals surface area contributed by atoms with E-state index in [1.165, 1.54) is 31.5 Å². The molecule has 0 N–H and O–H groups in total. The van der Waals surface area contributed by atoms with Crippen LogP contribution in [0.3, 0.4) is 0 Å². The lowest BCUT2D eigenvalue weighted by molar-refractivity contribution is 0.0570. The summed E-state index contributed by atoms with van der Waals surface area (Å²) in [6.45, 7) is 7.63. The van der Waals surface area contributed by atoms with E-state index in [2.05, 4.69) is 17.0 Å². The lowest BCUT2D eigenvalue weighted by atomic mass is 10.1. The number of hydrogen-bond donors (Lipinski definition) is 0. The van der Waals surface area contributed by atoms with Crippen molar-refractivity contribution in [3.05, 3.63) is 35.4 Å². The molecule has 0 unspecified atom stereocenters. The zero-order valence-corrected chi connectivity index (χ0v) is 14.9. The number of nitrogens with zero attached hydrogens (tertiary/aromatic N) is 3. The fourth-order valence-electron chi connectivity index (χ4n) is 3.44. The van der Waals surface area contributed by atoms with Crippen LogP contribution in [0, 0.1) is 0 Å². The fourth-order valence-corrected chi connectivity index (χ4v) is 3.44. The van der Waals surface area contributed by atoms with Gasteiger partial charge in [0.15, 0.2) is 0 Å². The Morgan fingerprint density at radius 1 is 0.920 bits per heavy atom. The lowest BCUT2D eigenvalue weighted by Crippen LogP contribution is -2.50. The molecule has 3 rings (SSSR count). The van der Waals surface area contributed by atoms with Crippen LogP contribution in [0.25, 0.3) is 0 Å². The van der Waals surface area contributed by atoms with Crippen molar-refractivity contribution < 1.29 is 14.3 Å². The summed E-state index contributed by atoms with van der Waals surface area (Å²) in [5, 5.41) is 0. The molecule has 0 saturated carbocycles. The van der Waals surface area contributed by atoms with Crippen molar-refractivity contribution >= 4 is 12.0 Å². The fraction of sp³-hybridized carbons (Fsp3) is 0.579. The van der Waals surface area contributed by atoms with E-state index < -0.39 is 0 Å². The van der Waals surface area contributed by atoms with E-state index in [-0.39, 0.29) is 12.0 Å². The molecule has 2 fully saturated rings. The van der Waals surface area contributed by atoms with Crippen LogP contribution >= 0.6 is 0 Å². The number of ether oxygens (including phenoxy) is 1. The normalized spacial score (nSPS) is 18.4. The van der Waals surface area contributed by atoms with Gasteiger partial charge in [-0.1, -0.05) is 12.1 Å². The zero-order chi connectivity index (χ0) is 17.6. The highest BCUT2D eigenvalue weighted by Gasteiger charge is 2.25. The van der Waals surface area contributed by atoms with E-state index in [1.807, 2.05) is 17.0 Å². The molecule has 6 nitrogen and oxygen atoms in total. The molecule has 1 aromatic carbocycles. The Balaban J connectivity index is 1.52. The minimum atomic E-state index is -0.291. The summed E-state index contributed by atoms with van der Waals surface area (Å²) in [5.74, 6) is 0.0382. The first-order valence-electron chi connectivity index (χ1n) is 9.19. The maximum atomic E-state index is 12.6. The quantitative estimate of drug-likeness (QED) is 0.839. The molecule has 0 bridgehead atoms. The van der Waals surface area contributed by atoms with Gasteiger partial charge in [-0.15, -0.1) is 0 Å². The van der Waals surface area contributed by atoms with Crippen molar-refractivity contribution in [3.8, 4) is 0 Å². The number of likely N-dealkylation sites (tertiary alicyclic amines) is 1. The van der Waals surface area contributed by atoms with E-state index in [9.17, 15) is 9.59 Å². The zero-order valence-electron chi connectivity index (χ0n) is 14.9. The van der Waals surface area contributed by atoms with Gasteiger partial charge in [0.05, 0.1) is 6.61 Å². The molecule has 0 aliphatic carbocycles. The molecule has 136 valence electrons. The first kappa shape index (κ1) is 17.7. The van der Waals surface area contributed by atoms with Crippen LogP contribution in [0.4, 0.5) is 4.79 Å². The van der Waals surface area contributed by atoms with Gasteiger partial charge in [-0.05, 0) is 50.6 Å². The minimum absolute atomic E-state index is 0.0382. The van der Waals surface area contributed by atoms with Crippen LogP contribution in [-0.4, -0.2) is 72.6 Å². The van der Waals surface area contributed by atoms with Crippen LogP contribution in [0.2, 0.25) is 0 Å². The van der Waals surface area contributed by atoms with Crippen molar-refractivity contribution in [2.75, 3.05) is 45.9 Å². The molecule has 0 atom stereocenters. The van der Waals surface area contributed by atoms with Crippen molar-refractivity contribution in [2.24, 2.45) is 0 Å². The first-order valence-corrected chi connectivity index (χ1v) is 9.19. The highest BCUT2D eigenvalue weighted by molar-refractivity contribution is 5.94. The standard InChI is InChI=1S/C19H27N3O3/c1-2-25-19(24)22-13-11-21(12-14-22)18(23)17-7-5-16(6-8-17)15-20-9-3-4-10-20/h5-8H,2-4,9-15H2,1H3. The Labute approximate surface area is 149 Å². The van der Waals surface area contributed by atoms with E-state index in [1.54, 1.807) is 11.8 Å². The summed E-state index contributed by atoms with van der Waals surface area (Å²) < 4.78 is 5.01. The number of amides is 2. The van der Waals surface area contributed by atoms with Crippen LogP contribution in [0.5, 0.6) is 0 Å². The molecule has 1 aromatic rings. The summed E-state index contributed by atoms with van der Waals surface area (Å²) in [5.41, 5.74) is 1.97. The monoisotopic (exact) mass is 345 g/mol. The summed E-state index contributed by atoms with van der Waals surface area (Å²) >= 11 is 0. The van der Waals surface area contributed by atoms with Crippen LogP contribution in [0.1, 0.15) is 35.7 Å². The third-order valence-corrected chi connectivity index (χ3v) is 4.90.